The van der Waals surface area contributed by atoms with Crippen molar-refractivity contribution in [2.24, 2.45) is 10.7 Å². The normalized spacial score (nSPS) is 19.6. The average Bonchev–Trinajstić information content (AvgIpc) is 2.54. The average molecular weight is 520 g/mol. The molecule has 0 spiro atoms. The predicted molar refractivity (Wildman–Crippen MR) is 114 cm³/mol. The Hall–Kier alpha value is -1.35. The van der Waals surface area contributed by atoms with Gasteiger partial charge in [0.1, 0.15) is 11.6 Å². The maximum Gasteiger partial charge on any atom is 0.193 e. The summed E-state index contributed by atoms with van der Waals surface area (Å²) < 4.78 is 18.9. The highest BCUT2D eigenvalue weighted by Crippen LogP contribution is 2.39. The molecule has 1 saturated carbocycles. The van der Waals surface area contributed by atoms with Crippen molar-refractivity contribution in [2.45, 2.75) is 24.8 Å². The number of aliphatic imine (C=N–C) groups is 1. The molecule has 0 aromatic heterocycles. The molecule has 0 unspecified atom stereocenters. The Kier molecular flexibility index (Phi) is 7.06. The summed E-state index contributed by atoms with van der Waals surface area (Å²) in [6.07, 6.45) is 1.84. The molecular formula is C18H20BrFIN3O. The SMILES string of the molecule is COc1ccc(NC(N)=NC2CC(c3ccc(F)c(Br)c3)C2)cc1.I. The molecule has 7 heteroatoms. The van der Waals surface area contributed by atoms with Crippen molar-refractivity contribution in [3.05, 3.63) is 58.3 Å². The zero-order valence-corrected chi connectivity index (χ0v) is 17.6. The van der Waals surface area contributed by atoms with E-state index in [0.29, 0.717) is 16.4 Å². The molecule has 0 amide bonds. The van der Waals surface area contributed by atoms with Crippen LogP contribution < -0.4 is 15.8 Å². The van der Waals surface area contributed by atoms with Gasteiger partial charge in [-0.2, -0.15) is 0 Å². The molecule has 0 radical (unpaired) electrons. The summed E-state index contributed by atoms with van der Waals surface area (Å²) in [7, 11) is 1.63. The summed E-state index contributed by atoms with van der Waals surface area (Å²) in [5, 5.41) is 3.08. The molecule has 2 aromatic carbocycles. The van der Waals surface area contributed by atoms with Gasteiger partial charge in [0, 0.05) is 5.69 Å². The first kappa shape index (κ1) is 20.0. The summed E-state index contributed by atoms with van der Waals surface area (Å²) in [6, 6.07) is 12.9. The monoisotopic (exact) mass is 519 g/mol. The van der Waals surface area contributed by atoms with Crippen molar-refractivity contribution in [3.8, 4) is 5.75 Å². The maximum atomic E-state index is 13.3. The van der Waals surface area contributed by atoms with Gasteiger partial charge in [0.15, 0.2) is 5.96 Å². The molecule has 134 valence electrons. The Bertz CT molecular complexity index is 748. The summed E-state index contributed by atoms with van der Waals surface area (Å²) >= 11 is 3.23. The van der Waals surface area contributed by atoms with Gasteiger partial charge >= 0.3 is 0 Å². The van der Waals surface area contributed by atoms with E-state index in [0.717, 1.165) is 29.8 Å². The van der Waals surface area contributed by atoms with Gasteiger partial charge in [-0.15, -0.1) is 24.0 Å². The van der Waals surface area contributed by atoms with Crippen LogP contribution in [0.3, 0.4) is 0 Å². The highest BCUT2D eigenvalue weighted by atomic mass is 127. The topological polar surface area (TPSA) is 59.6 Å². The Morgan fingerprint density at radius 2 is 1.92 bits per heavy atom. The maximum absolute atomic E-state index is 13.3. The Labute approximate surface area is 172 Å². The second-order valence-electron chi connectivity index (χ2n) is 5.86. The second kappa shape index (κ2) is 8.84. The molecule has 0 saturated heterocycles. The van der Waals surface area contributed by atoms with E-state index < -0.39 is 0 Å². The third-order valence-electron chi connectivity index (χ3n) is 4.21. The van der Waals surface area contributed by atoms with Crippen molar-refractivity contribution in [2.75, 3.05) is 12.4 Å². The van der Waals surface area contributed by atoms with Crippen LogP contribution in [0.25, 0.3) is 0 Å². The lowest BCUT2D eigenvalue weighted by atomic mass is 9.76. The number of nitrogens with one attached hydrogen (secondary N) is 1. The van der Waals surface area contributed by atoms with Crippen LogP contribution in [0, 0.1) is 5.82 Å². The van der Waals surface area contributed by atoms with Crippen LogP contribution in [0.5, 0.6) is 5.75 Å². The molecule has 3 rings (SSSR count). The number of ether oxygens (including phenoxy) is 1. The molecular weight excluding hydrogens is 500 g/mol. The van der Waals surface area contributed by atoms with Gasteiger partial charge in [0.2, 0.25) is 0 Å². The number of rotatable bonds is 4. The van der Waals surface area contributed by atoms with E-state index in [1.54, 1.807) is 7.11 Å². The zero-order chi connectivity index (χ0) is 17.1. The molecule has 0 bridgehead atoms. The fraction of sp³-hybridized carbons (Fsp3) is 0.278. The molecule has 0 atom stereocenters. The van der Waals surface area contributed by atoms with Crippen LogP contribution in [-0.2, 0) is 0 Å². The summed E-state index contributed by atoms with van der Waals surface area (Å²) in [5.41, 5.74) is 7.97. The first-order valence-electron chi connectivity index (χ1n) is 7.74. The van der Waals surface area contributed by atoms with Crippen LogP contribution in [0.15, 0.2) is 51.9 Å². The van der Waals surface area contributed by atoms with E-state index >= 15 is 0 Å². The minimum absolute atomic E-state index is 0. The number of methoxy groups -OCH3 is 1. The lowest BCUT2D eigenvalue weighted by Crippen LogP contribution is -2.31. The highest BCUT2D eigenvalue weighted by Gasteiger charge is 2.30. The van der Waals surface area contributed by atoms with E-state index in [1.165, 1.54) is 6.07 Å². The number of hydrogen-bond donors (Lipinski definition) is 2. The minimum atomic E-state index is -0.236. The molecule has 4 nitrogen and oxygen atoms in total. The van der Waals surface area contributed by atoms with Crippen LogP contribution in [-0.4, -0.2) is 19.1 Å². The Balaban J connectivity index is 0.00000225. The quantitative estimate of drug-likeness (QED) is 0.343. The van der Waals surface area contributed by atoms with Gasteiger partial charge in [-0.25, -0.2) is 9.38 Å². The fourth-order valence-corrected chi connectivity index (χ4v) is 3.18. The number of guanidine groups is 1. The van der Waals surface area contributed by atoms with E-state index in [9.17, 15) is 4.39 Å². The van der Waals surface area contributed by atoms with Crippen molar-refractivity contribution in [1.82, 2.24) is 0 Å². The van der Waals surface area contributed by atoms with Gasteiger partial charge in [-0.05, 0) is 76.7 Å². The molecule has 2 aromatic rings. The molecule has 1 fully saturated rings. The number of benzene rings is 2. The van der Waals surface area contributed by atoms with E-state index in [-0.39, 0.29) is 35.8 Å². The lowest BCUT2D eigenvalue weighted by molar-refractivity contribution is 0.353. The molecule has 0 aliphatic heterocycles. The number of hydrogen-bond acceptors (Lipinski definition) is 2. The van der Waals surface area contributed by atoms with Crippen molar-refractivity contribution in [3.63, 3.8) is 0 Å². The first-order valence-corrected chi connectivity index (χ1v) is 8.53. The van der Waals surface area contributed by atoms with Crippen molar-refractivity contribution in [1.29, 1.82) is 0 Å². The van der Waals surface area contributed by atoms with Gasteiger partial charge in [-0.3, -0.25) is 0 Å². The van der Waals surface area contributed by atoms with Crippen molar-refractivity contribution >= 4 is 51.6 Å². The number of nitrogens with zero attached hydrogens (tertiary/aromatic N) is 1. The second-order valence-corrected chi connectivity index (χ2v) is 6.72. The zero-order valence-electron chi connectivity index (χ0n) is 13.7. The summed E-state index contributed by atoms with van der Waals surface area (Å²) in [5.74, 6) is 1.37. The standard InChI is InChI=1S/C18H19BrFN3O.HI/c1-24-15-5-3-13(4-6-15)22-18(21)23-14-8-12(9-14)11-2-7-17(20)16(19)10-11;/h2-7,10,12,14H,8-9H2,1H3,(H3,21,22,23);1H. The molecule has 25 heavy (non-hydrogen) atoms. The van der Waals surface area contributed by atoms with Crippen LogP contribution in [0.2, 0.25) is 0 Å². The molecule has 1 aliphatic rings. The first-order chi connectivity index (χ1) is 11.5. The fourth-order valence-electron chi connectivity index (χ4n) is 2.78. The third kappa shape index (κ3) is 5.07. The molecule has 3 N–H and O–H groups in total. The lowest BCUT2D eigenvalue weighted by Gasteiger charge is -2.33. The largest absolute Gasteiger partial charge is 0.497 e. The van der Waals surface area contributed by atoms with Gasteiger partial charge in [0.05, 0.1) is 17.6 Å². The smallest absolute Gasteiger partial charge is 0.193 e. The molecule has 0 heterocycles. The number of halogens is 3. The van der Waals surface area contributed by atoms with E-state index in [4.69, 9.17) is 10.5 Å². The third-order valence-corrected chi connectivity index (χ3v) is 4.82. The number of anilines is 1. The van der Waals surface area contributed by atoms with Gasteiger partial charge in [0.25, 0.3) is 0 Å². The van der Waals surface area contributed by atoms with E-state index in [1.807, 2.05) is 36.4 Å². The van der Waals surface area contributed by atoms with E-state index in [2.05, 4.69) is 26.2 Å². The van der Waals surface area contributed by atoms with Gasteiger partial charge < -0.3 is 15.8 Å². The Morgan fingerprint density at radius 1 is 1.24 bits per heavy atom. The Morgan fingerprint density at radius 3 is 2.52 bits per heavy atom. The summed E-state index contributed by atoms with van der Waals surface area (Å²) in [6.45, 7) is 0. The van der Waals surface area contributed by atoms with Crippen LogP contribution in [0.4, 0.5) is 10.1 Å². The minimum Gasteiger partial charge on any atom is -0.497 e. The summed E-state index contributed by atoms with van der Waals surface area (Å²) in [4.78, 5) is 4.50. The van der Waals surface area contributed by atoms with Crippen LogP contribution >= 0.6 is 39.9 Å². The molecule has 1 aliphatic carbocycles. The van der Waals surface area contributed by atoms with Crippen LogP contribution in [0.1, 0.15) is 24.3 Å². The highest BCUT2D eigenvalue weighted by molar-refractivity contribution is 14.0. The number of nitrogens with two attached hydrogens (primary N) is 1. The van der Waals surface area contributed by atoms with Gasteiger partial charge in [-0.1, -0.05) is 6.07 Å². The predicted octanol–water partition coefficient (Wildman–Crippen LogP) is 4.89. The van der Waals surface area contributed by atoms with Crippen molar-refractivity contribution < 1.29 is 9.13 Å².